The molecule has 4 nitrogen and oxygen atoms in total. The molecule has 0 radical (unpaired) electrons. The fourth-order valence-corrected chi connectivity index (χ4v) is 1.62. The number of aromatic nitrogens is 2. The second kappa shape index (κ2) is 4.96. The van der Waals surface area contributed by atoms with Gasteiger partial charge >= 0.3 is 0 Å². The molecule has 0 fully saturated rings. The Morgan fingerprint density at radius 1 is 1.22 bits per heavy atom. The highest BCUT2D eigenvalue weighted by Crippen LogP contribution is 2.04. The number of carbonyl (C=O) groups is 1. The largest absolute Gasteiger partial charge is 0.292 e. The summed E-state index contributed by atoms with van der Waals surface area (Å²) in [4.78, 5) is 27.6. The molecule has 4 heteroatoms. The Hall–Kier alpha value is -2.23. The van der Waals surface area contributed by atoms with E-state index in [0.717, 1.165) is 5.56 Å². The van der Waals surface area contributed by atoms with Crippen molar-refractivity contribution >= 4 is 5.78 Å². The fourth-order valence-electron chi connectivity index (χ4n) is 1.62. The van der Waals surface area contributed by atoms with E-state index in [1.54, 1.807) is 19.1 Å². The molecule has 0 atom stereocenters. The summed E-state index contributed by atoms with van der Waals surface area (Å²) in [5.74, 6) is -0.0947. The Kier molecular flexibility index (Phi) is 3.37. The molecule has 92 valence electrons. The third kappa shape index (κ3) is 2.71. The van der Waals surface area contributed by atoms with E-state index in [0.29, 0.717) is 11.3 Å². The molecule has 18 heavy (non-hydrogen) atoms. The van der Waals surface area contributed by atoms with E-state index in [9.17, 15) is 9.59 Å². The van der Waals surface area contributed by atoms with Gasteiger partial charge in [0.25, 0.3) is 5.56 Å². The summed E-state index contributed by atoms with van der Waals surface area (Å²) < 4.78 is 1.31. The SMILES string of the molecule is Cc1ccc(C(=O)Cn2cnc(C)cc2=O)cc1. The average molecular weight is 242 g/mol. The Morgan fingerprint density at radius 2 is 1.89 bits per heavy atom. The molecule has 0 saturated carbocycles. The van der Waals surface area contributed by atoms with Crippen LogP contribution in [0, 0.1) is 13.8 Å². The molecule has 2 rings (SSSR count). The first-order valence-electron chi connectivity index (χ1n) is 5.69. The lowest BCUT2D eigenvalue weighted by Crippen LogP contribution is -2.24. The van der Waals surface area contributed by atoms with Gasteiger partial charge in [0, 0.05) is 17.3 Å². The Bertz CT molecular complexity index is 627. The van der Waals surface area contributed by atoms with E-state index in [1.807, 2.05) is 19.1 Å². The van der Waals surface area contributed by atoms with Crippen molar-refractivity contribution in [3.8, 4) is 0 Å². The lowest BCUT2D eigenvalue weighted by molar-refractivity contribution is 0.0970. The van der Waals surface area contributed by atoms with Crippen molar-refractivity contribution in [3.05, 3.63) is 63.8 Å². The molecule has 0 bridgehead atoms. The van der Waals surface area contributed by atoms with Crippen LogP contribution in [0.5, 0.6) is 0 Å². The lowest BCUT2D eigenvalue weighted by atomic mass is 10.1. The number of benzene rings is 1. The molecular weight excluding hydrogens is 228 g/mol. The van der Waals surface area contributed by atoms with Crippen molar-refractivity contribution in [3.63, 3.8) is 0 Å². The van der Waals surface area contributed by atoms with Gasteiger partial charge in [0.2, 0.25) is 0 Å². The highest BCUT2D eigenvalue weighted by molar-refractivity contribution is 5.95. The summed E-state index contributed by atoms with van der Waals surface area (Å²) in [5.41, 5.74) is 2.15. The number of hydrogen-bond acceptors (Lipinski definition) is 3. The molecule has 0 spiro atoms. The zero-order valence-corrected chi connectivity index (χ0v) is 10.4. The molecule has 0 unspecified atom stereocenters. The number of carbonyl (C=O) groups excluding carboxylic acids is 1. The van der Waals surface area contributed by atoms with Crippen LogP contribution >= 0.6 is 0 Å². The number of aryl methyl sites for hydroxylation is 2. The summed E-state index contributed by atoms with van der Waals surface area (Å²) in [6.07, 6.45) is 1.41. The van der Waals surface area contributed by atoms with Crippen LogP contribution < -0.4 is 5.56 Å². The van der Waals surface area contributed by atoms with Crippen molar-refractivity contribution in [1.29, 1.82) is 0 Å². The van der Waals surface area contributed by atoms with Gasteiger partial charge in [-0.2, -0.15) is 0 Å². The zero-order chi connectivity index (χ0) is 13.1. The van der Waals surface area contributed by atoms with Crippen LogP contribution in [-0.4, -0.2) is 15.3 Å². The second-order valence-corrected chi connectivity index (χ2v) is 4.29. The third-order valence-electron chi connectivity index (χ3n) is 2.70. The van der Waals surface area contributed by atoms with Gasteiger partial charge in [-0.3, -0.25) is 14.2 Å². The molecule has 0 saturated heterocycles. The predicted octanol–water partition coefficient (Wildman–Crippen LogP) is 1.74. The van der Waals surface area contributed by atoms with Crippen LogP contribution in [0.25, 0.3) is 0 Å². The summed E-state index contributed by atoms with van der Waals surface area (Å²) in [5, 5.41) is 0. The van der Waals surface area contributed by atoms with Crippen LogP contribution in [-0.2, 0) is 6.54 Å². The minimum absolute atomic E-state index is 0.0230. The minimum Gasteiger partial charge on any atom is -0.292 e. The van der Waals surface area contributed by atoms with E-state index in [-0.39, 0.29) is 17.9 Å². The third-order valence-corrected chi connectivity index (χ3v) is 2.70. The van der Waals surface area contributed by atoms with Gasteiger partial charge in [-0.15, -0.1) is 0 Å². The molecule has 0 aliphatic heterocycles. The van der Waals surface area contributed by atoms with Crippen molar-refractivity contribution in [2.45, 2.75) is 20.4 Å². The average Bonchev–Trinajstić information content (AvgIpc) is 2.33. The quantitative estimate of drug-likeness (QED) is 0.770. The van der Waals surface area contributed by atoms with Gasteiger partial charge in [0.1, 0.15) is 0 Å². The maximum atomic E-state index is 12.0. The predicted molar refractivity (Wildman–Crippen MR) is 68.7 cm³/mol. The zero-order valence-electron chi connectivity index (χ0n) is 10.4. The van der Waals surface area contributed by atoms with E-state index < -0.39 is 0 Å². The highest BCUT2D eigenvalue weighted by atomic mass is 16.1. The summed E-state index contributed by atoms with van der Waals surface area (Å²) in [6.45, 7) is 3.73. The van der Waals surface area contributed by atoms with Crippen LogP contribution in [0.2, 0.25) is 0 Å². The molecule has 1 aromatic carbocycles. The topological polar surface area (TPSA) is 52.0 Å². The summed E-state index contributed by atoms with van der Waals surface area (Å²) in [7, 11) is 0. The first-order valence-corrected chi connectivity index (χ1v) is 5.69. The lowest BCUT2D eigenvalue weighted by Gasteiger charge is -2.05. The van der Waals surface area contributed by atoms with Crippen molar-refractivity contribution in [2.24, 2.45) is 0 Å². The second-order valence-electron chi connectivity index (χ2n) is 4.29. The first-order chi connectivity index (χ1) is 8.56. The highest BCUT2D eigenvalue weighted by Gasteiger charge is 2.07. The van der Waals surface area contributed by atoms with E-state index in [2.05, 4.69) is 4.98 Å². The maximum absolute atomic E-state index is 12.0. The summed E-state index contributed by atoms with van der Waals surface area (Å²) in [6, 6.07) is 8.71. The monoisotopic (exact) mass is 242 g/mol. The van der Waals surface area contributed by atoms with Crippen molar-refractivity contribution < 1.29 is 4.79 Å². The van der Waals surface area contributed by atoms with Gasteiger partial charge < -0.3 is 0 Å². The van der Waals surface area contributed by atoms with Crippen molar-refractivity contribution in [2.75, 3.05) is 0 Å². The number of rotatable bonds is 3. The first kappa shape index (κ1) is 12.2. The Morgan fingerprint density at radius 3 is 2.50 bits per heavy atom. The number of Topliss-reactive ketones (excluding diaryl/α,β-unsaturated/α-hetero) is 1. The van der Waals surface area contributed by atoms with Gasteiger partial charge in [-0.25, -0.2) is 4.98 Å². The van der Waals surface area contributed by atoms with Crippen LogP contribution in [0.3, 0.4) is 0 Å². The fraction of sp³-hybridized carbons (Fsp3) is 0.214. The maximum Gasteiger partial charge on any atom is 0.253 e. The Labute approximate surface area is 105 Å². The van der Waals surface area contributed by atoms with Gasteiger partial charge in [-0.05, 0) is 13.8 Å². The standard InChI is InChI=1S/C14H14N2O2/c1-10-3-5-12(6-4-10)13(17)8-16-9-15-11(2)7-14(16)18/h3-7,9H,8H2,1-2H3. The molecular formula is C14H14N2O2. The van der Waals surface area contributed by atoms with Crippen LogP contribution in [0.15, 0.2) is 41.5 Å². The van der Waals surface area contributed by atoms with E-state index in [1.165, 1.54) is 17.0 Å². The smallest absolute Gasteiger partial charge is 0.253 e. The number of ketones is 1. The van der Waals surface area contributed by atoms with E-state index in [4.69, 9.17) is 0 Å². The van der Waals surface area contributed by atoms with Crippen LogP contribution in [0.1, 0.15) is 21.6 Å². The number of nitrogens with zero attached hydrogens (tertiary/aromatic N) is 2. The Balaban J connectivity index is 2.21. The van der Waals surface area contributed by atoms with Crippen molar-refractivity contribution in [1.82, 2.24) is 9.55 Å². The molecule has 1 heterocycles. The van der Waals surface area contributed by atoms with Gasteiger partial charge in [-0.1, -0.05) is 29.8 Å². The molecule has 0 aliphatic carbocycles. The number of hydrogen-bond donors (Lipinski definition) is 0. The normalized spacial score (nSPS) is 10.3. The van der Waals surface area contributed by atoms with Gasteiger partial charge in [0.15, 0.2) is 5.78 Å². The summed E-state index contributed by atoms with van der Waals surface area (Å²) >= 11 is 0. The molecule has 1 aromatic heterocycles. The minimum atomic E-state index is -0.206. The molecule has 0 aliphatic rings. The van der Waals surface area contributed by atoms with Crippen LogP contribution in [0.4, 0.5) is 0 Å². The van der Waals surface area contributed by atoms with E-state index >= 15 is 0 Å². The molecule has 2 aromatic rings. The van der Waals surface area contributed by atoms with Gasteiger partial charge in [0.05, 0.1) is 12.9 Å². The molecule has 0 amide bonds. The molecule has 0 N–H and O–H groups in total.